The van der Waals surface area contributed by atoms with Gasteiger partial charge in [-0.1, -0.05) is 47.6 Å². The predicted octanol–water partition coefficient (Wildman–Crippen LogP) is 3.33. The molecule has 0 saturated heterocycles. The molecule has 11 heteroatoms. The topological polar surface area (TPSA) is 131 Å². The lowest BCUT2D eigenvalue weighted by atomic mass is 9.98. The van der Waals surface area contributed by atoms with E-state index < -0.39 is 6.17 Å². The molecule has 0 bridgehead atoms. The minimum Gasteiger partial charge on any atom is -0.384 e. The van der Waals surface area contributed by atoms with Gasteiger partial charge in [-0.15, -0.1) is 10.2 Å². The van der Waals surface area contributed by atoms with Crippen LogP contribution in [0.5, 0.6) is 0 Å². The van der Waals surface area contributed by atoms with Crippen molar-refractivity contribution < 1.29 is 14.1 Å². The molecule has 3 heterocycles. The number of aliphatic imine (C=N–C) groups is 1. The normalized spacial score (nSPS) is 14.3. The quantitative estimate of drug-likeness (QED) is 0.284. The first kappa shape index (κ1) is 26.3. The van der Waals surface area contributed by atoms with Gasteiger partial charge in [0.05, 0.1) is 23.7 Å². The van der Waals surface area contributed by atoms with Crippen molar-refractivity contribution in [3.05, 3.63) is 93.9 Å². The molecule has 39 heavy (non-hydrogen) atoms. The van der Waals surface area contributed by atoms with Crippen molar-refractivity contribution in [2.75, 3.05) is 20.3 Å². The molecule has 0 saturated carbocycles. The van der Waals surface area contributed by atoms with Crippen molar-refractivity contribution in [3.63, 3.8) is 0 Å². The van der Waals surface area contributed by atoms with Crippen LogP contribution in [0.15, 0.2) is 58.0 Å². The van der Waals surface area contributed by atoms with E-state index in [1.165, 1.54) is 0 Å². The summed E-state index contributed by atoms with van der Waals surface area (Å²) < 4.78 is 12.8. The molecule has 1 atom stereocenters. The first-order chi connectivity index (χ1) is 19.0. The van der Waals surface area contributed by atoms with Gasteiger partial charge in [0, 0.05) is 36.8 Å². The molecule has 202 valence electrons. The highest BCUT2D eigenvalue weighted by molar-refractivity contribution is 6.15. The molecule has 0 aliphatic carbocycles. The first-order valence-corrected chi connectivity index (χ1v) is 12.9. The summed E-state index contributed by atoms with van der Waals surface area (Å²) >= 11 is 0. The Kier molecular flexibility index (Phi) is 7.80. The van der Waals surface area contributed by atoms with Gasteiger partial charge >= 0.3 is 6.03 Å². The minimum absolute atomic E-state index is 0.361. The molecule has 2 aromatic heterocycles. The lowest BCUT2D eigenvalue weighted by molar-refractivity contribution is 0.202. The Morgan fingerprint density at radius 3 is 2.67 bits per heavy atom. The number of hydrogen-bond acceptors (Lipinski definition) is 8. The van der Waals surface area contributed by atoms with Crippen molar-refractivity contribution in [1.82, 2.24) is 36.1 Å². The number of carbonyl (C=O) groups is 1. The molecule has 0 radical (unpaired) electrons. The van der Waals surface area contributed by atoms with Crippen molar-refractivity contribution in [2.24, 2.45) is 4.99 Å². The maximum absolute atomic E-state index is 12.3. The molecule has 1 aliphatic rings. The van der Waals surface area contributed by atoms with E-state index in [0.29, 0.717) is 31.2 Å². The summed E-state index contributed by atoms with van der Waals surface area (Å²) in [6.07, 6.45) is 0.495. The monoisotopic (exact) mass is 528 g/mol. The number of urea groups is 1. The van der Waals surface area contributed by atoms with Gasteiger partial charge in [0.2, 0.25) is 0 Å². The van der Waals surface area contributed by atoms with Crippen LogP contribution >= 0.6 is 0 Å². The van der Waals surface area contributed by atoms with Gasteiger partial charge in [0.25, 0.3) is 0 Å². The van der Waals surface area contributed by atoms with Crippen LogP contribution in [0.4, 0.5) is 4.79 Å². The molecular weight excluding hydrogens is 496 g/mol. The van der Waals surface area contributed by atoms with Crippen molar-refractivity contribution in [2.45, 2.75) is 39.8 Å². The van der Waals surface area contributed by atoms with Crippen LogP contribution in [0.2, 0.25) is 0 Å². The molecular formula is C28H32N8O3. The molecule has 2 amide bonds. The number of hydrogen-bond donors (Lipinski definition) is 3. The largest absolute Gasteiger partial charge is 0.384 e. The number of carbonyl (C=O) groups excluding carboxylic acids is 1. The molecule has 1 aliphatic heterocycles. The standard InChI is InChI=1S/C28H32N8O3/c1-5-29-28(37)34-32-26-27-33-31-24(16-22-17(2)35-39-18(22)3)36(27)23-15-19(13-14-38-4)11-12-21(23)25(30-26)20-9-7-6-8-10-20/h6-12,15,26,32H,5,13-14,16H2,1-4H3,(H2,29,34,37). The minimum atomic E-state index is -0.719. The number of fused-ring (bicyclic) bond motifs is 3. The fraction of sp³-hybridized carbons (Fsp3) is 0.321. The molecule has 1 unspecified atom stereocenters. The number of nitrogens with one attached hydrogen (secondary N) is 3. The first-order valence-electron chi connectivity index (χ1n) is 12.9. The Balaban J connectivity index is 1.69. The highest BCUT2D eigenvalue weighted by atomic mass is 16.5. The second-order valence-electron chi connectivity index (χ2n) is 9.26. The summed E-state index contributed by atoms with van der Waals surface area (Å²) in [5, 5.41) is 16.0. The van der Waals surface area contributed by atoms with Crippen LogP contribution in [0.25, 0.3) is 5.69 Å². The lowest BCUT2D eigenvalue weighted by Crippen LogP contribution is -2.45. The van der Waals surface area contributed by atoms with Crippen molar-refractivity contribution in [3.8, 4) is 5.69 Å². The van der Waals surface area contributed by atoms with E-state index in [4.69, 9.17) is 14.3 Å². The zero-order valence-corrected chi connectivity index (χ0v) is 22.5. The maximum atomic E-state index is 12.3. The van der Waals surface area contributed by atoms with E-state index in [1.54, 1.807) is 7.11 Å². The molecule has 4 aromatic rings. The summed E-state index contributed by atoms with van der Waals surface area (Å²) in [7, 11) is 1.70. The zero-order valence-electron chi connectivity index (χ0n) is 22.5. The zero-order chi connectivity index (χ0) is 27.4. The summed E-state index contributed by atoms with van der Waals surface area (Å²) in [5.74, 6) is 1.99. The van der Waals surface area contributed by atoms with Crippen LogP contribution in [0.1, 0.15) is 58.4 Å². The van der Waals surface area contributed by atoms with Crippen LogP contribution in [-0.2, 0) is 17.6 Å². The van der Waals surface area contributed by atoms with Crippen LogP contribution < -0.4 is 16.2 Å². The number of hydrazine groups is 1. The fourth-order valence-corrected chi connectivity index (χ4v) is 4.65. The van der Waals surface area contributed by atoms with Gasteiger partial charge in [-0.3, -0.25) is 15.0 Å². The second-order valence-corrected chi connectivity index (χ2v) is 9.26. The number of benzene rings is 2. The Labute approximate surface area is 226 Å². The van der Waals surface area contributed by atoms with Crippen LogP contribution in [-0.4, -0.2) is 51.9 Å². The Morgan fingerprint density at radius 2 is 1.95 bits per heavy atom. The van der Waals surface area contributed by atoms with Gasteiger partial charge < -0.3 is 14.6 Å². The second kappa shape index (κ2) is 11.6. The third-order valence-electron chi connectivity index (χ3n) is 6.63. The van der Waals surface area contributed by atoms with Gasteiger partial charge in [-0.05, 0) is 38.8 Å². The fourth-order valence-electron chi connectivity index (χ4n) is 4.65. The predicted molar refractivity (Wildman–Crippen MR) is 146 cm³/mol. The van der Waals surface area contributed by atoms with Gasteiger partial charge in [-0.25, -0.2) is 10.2 Å². The third kappa shape index (κ3) is 5.45. The summed E-state index contributed by atoms with van der Waals surface area (Å²) in [5.41, 5.74) is 12.2. The van der Waals surface area contributed by atoms with Crippen molar-refractivity contribution >= 4 is 11.7 Å². The van der Waals surface area contributed by atoms with E-state index in [0.717, 1.165) is 51.5 Å². The SMILES string of the molecule is CCNC(=O)NNC1N=C(c2ccccc2)c2ccc(CCOC)cc2-n2c(Cc3c(C)noc3C)nnc21. The Bertz CT molecular complexity index is 1470. The number of aromatic nitrogens is 4. The number of methoxy groups -OCH3 is 1. The molecule has 3 N–H and O–H groups in total. The van der Waals surface area contributed by atoms with E-state index in [9.17, 15) is 4.79 Å². The number of aryl methyl sites for hydroxylation is 2. The molecule has 0 fully saturated rings. The Hall–Kier alpha value is -4.35. The molecule has 11 nitrogen and oxygen atoms in total. The van der Waals surface area contributed by atoms with E-state index in [-0.39, 0.29) is 6.03 Å². The molecule has 2 aromatic carbocycles. The maximum Gasteiger partial charge on any atom is 0.329 e. The summed E-state index contributed by atoms with van der Waals surface area (Å²) in [6, 6.07) is 15.9. The average Bonchev–Trinajstić information content (AvgIpc) is 3.47. The summed E-state index contributed by atoms with van der Waals surface area (Å²) in [4.78, 5) is 17.4. The smallest absolute Gasteiger partial charge is 0.329 e. The van der Waals surface area contributed by atoms with E-state index in [2.05, 4.69) is 49.7 Å². The van der Waals surface area contributed by atoms with E-state index in [1.807, 2.05) is 55.7 Å². The Morgan fingerprint density at radius 1 is 1.13 bits per heavy atom. The van der Waals surface area contributed by atoms with Crippen LogP contribution in [0, 0.1) is 13.8 Å². The highest BCUT2D eigenvalue weighted by Crippen LogP contribution is 2.32. The van der Waals surface area contributed by atoms with Crippen molar-refractivity contribution in [1.29, 1.82) is 0 Å². The number of nitrogens with zero attached hydrogens (tertiary/aromatic N) is 5. The highest BCUT2D eigenvalue weighted by Gasteiger charge is 2.30. The van der Waals surface area contributed by atoms with Gasteiger partial charge in [0.1, 0.15) is 11.6 Å². The van der Waals surface area contributed by atoms with Gasteiger partial charge in [-0.2, -0.15) is 0 Å². The summed E-state index contributed by atoms with van der Waals surface area (Å²) in [6.45, 7) is 6.75. The average molecular weight is 529 g/mol. The van der Waals surface area contributed by atoms with E-state index >= 15 is 0 Å². The third-order valence-corrected chi connectivity index (χ3v) is 6.63. The number of ether oxygens (including phenoxy) is 1. The van der Waals surface area contributed by atoms with Gasteiger partial charge in [0.15, 0.2) is 12.0 Å². The number of amides is 2. The molecule has 0 spiro atoms. The molecule has 5 rings (SSSR count). The van der Waals surface area contributed by atoms with Crippen LogP contribution in [0.3, 0.4) is 0 Å². The lowest BCUT2D eigenvalue weighted by Gasteiger charge is -2.16. The number of rotatable bonds is 9.